The Hall–Kier alpha value is -2.47. The first-order valence-corrected chi connectivity index (χ1v) is 10.9. The Labute approximate surface area is 166 Å². The van der Waals surface area contributed by atoms with Crippen LogP contribution in [0.4, 0.5) is 0 Å². The van der Waals surface area contributed by atoms with Gasteiger partial charge in [-0.2, -0.15) is 4.31 Å². The van der Waals surface area contributed by atoms with Gasteiger partial charge >= 0.3 is 0 Å². The van der Waals surface area contributed by atoms with Gasteiger partial charge in [0.15, 0.2) is 0 Å². The van der Waals surface area contributed by atoms with Crippen LogP contribution >= 0.6 is 0 Å². The van der Waals surface area contributed by atoms with E-state index in [0.29, 0.717) is 4.90 Å². The van der Waals surface area contributed by atoms with Crippen molar-refractivity contribution in [3.8, 4) is 0 Å². The van der Waals surface area contributed by atoms with Crippen LogP contribution in [0.3, 0.4) is 0 Å². The van der Waals surface area contributed by atoms with E-state index in [1.807, 2.05) is 86.6 Å². The number of nitrogens with zero attached hydrogens (tertiary/aromatic N) is 1. The maximum absolute atomic E-state index is 13.6. The molecular weight excluding hydrogens is 368 g/mol. The molecule has 28 heavy (non-hydrogen) atoms. The Bertz CT molecular complexity index is 1030. The highest BCUT2D eigenvalue weighted by Crippen LogP contribution is 2.43. The van der Waals surface area contributed by atoms with Gasteiger partial charge in [-0.3, -0.25) is 5.32 Å². The summed E-state index contributed by atoms with van der Waals surface area (Å²) in [5.74, 6) is 0. The van der Waals surface area contributed by atoms with E-state index in [2.05, 4.69) is 5.32 Å². The zero-order chi connectivity index (χ0) is 19.7. The molecule has 0 aromatic heterocycles. The normalized spacial score (nSPS) is 23.0. The Balaban J connectivity index is 1.84. The molecule has 1 aliphatic rings. The van der Waals surface area contributed by atoms with Gasteiger partial charge in [0.1, 0.15) is 0 Å². The van der Waals surface area contributed by atoms with Gasteiger partial charge in [0.05, 0.1) is 23.1 Å². The summed E-state index contributed by atoms with van der Waals surface area (Å²) in [7, 11) is -3.67. The van der Waals surface area contributed by atoms with Gasteiger partial charge < -0.3 is 0 Å². The molecule has 1 unspecified atom stereocenters. The molecule has 1 aliphatic heterocycles. The number of hydrogen-bond acceptors (Lipinski definition) is 3. The van der Waals surface area contributed by atoms with Crippen molar-refractivity contribution in [2.75, 3.05) is 0 Å². The maximum Gasteiger partial charge on any atom is 0.245 e. The molecule has 1 fully saturated rings. The monoisotopic (exact) mass is 392 g/mol. The van der Waals surface area contributed by atoms with Crippen molar-refractivity contribution in [1.82, 2.24) is 9.62 Å². The van der Waals surface area contributed by atoms with Crippen molar-refractivity contribution in [1.29, 1.82) is 0 Å². The molecule has 5 heteroatoms. The molecule has 3 aromatic carbocycles. The van der Waals surface area contributed by atoms with E-state index in [4.69, 9.17) is 0 Å². The fourth-order valence-electron chi connectivity index (χ4n) is 3.93. The summed E-state index contributed by atoms with van der Waals surface area (Å²) in [6.45, 7) is 3.86. The zero-order valence-corrected chi connectivity index (χ0v) is 16.8. The summed E-state index contributed by atoms with van der Waals surface area (Å²) in [5.41, 5.74) is 3.09. The Morgan fingerprint density at radius 2 is 1.32 bits per heavy atom. The molecule has 1 N–H and O–H groups in total. The molecule has 144 valence electrons. The Kier molecular flexibility index (Phi) is 5.06. The van der Waals surface area contributed by atoms with E-state index in [1.165, 1.54) is 0 Å². The topological polar surface area (TPSA) is 49.4 Å². The van der Waals surface area contributed by atoms with Gasteiger partial charge in [0.25, 0.3) is 0 Å². The van der Waals surface area contributed by atoms with Crippen LogP contribution in [0, 0.1) is 6.92 Å². The average molecular weight is 393 g/mol. The number of aryl methyl sites for hydroxylation is 1. The molecule has 4 nitrogen and oxygen atoms in total. The van der Waals surface area contributed by atoms with Gasteiger partial charge in [-0.1, -0.05) is 78.4 Å². The molecule has 1 heterocycles. The molecule has 0 aliphatic carbocycles. The lowest BCUT2D eigenvalue weighted by atomic mass is 9.95. The van der Waals surface area contributed by atoms with Crippen molar-refractivity contribution in [3.63, 3.8) is 0 Å². The van der Waals surface area contributed by atoms with E-state index in [-0.39, 0.29) is 18.2 Å². The van der Waals surface area contributed by atoms with E-state index in [1.54, 1.807) is 16.4 Å². The first-order valence-electron chi connectivity index (χ1n) is 9.44. The van der Waals surface area contributed by atoms with Crippen LogP contribution in [-0.2, 0) is 10.0 Å². The highest BCUT2D eigenvalue weighted by Gasteiger charge is 2.46. The molecule has 4 rings (SSSR count). The Morgan fingerprint density at radius 1 is 0.786 bits per heavy atom. The summed E-state index contributed by atoms with van der Waals surface area (Å²) in [5, 5.41) is 3.50. The van der Waals surface area contributed by atoms with Crippen LogP contribution in [0.2, 0.25) is 0 Å². The number of hydrogen-bond donors (Lipinski definition) is 1. The minimum absolute atomic E-state index is 0.126. The summed E-state index contributed by atoms with van der Waals surface area (Å²) in [4.78, 5) is 0.321. The van der Waals surface area contributed by atoms with Crippen molar-refractivity contribution in [2.45, 2.75) is 37.0 Å². The van der Waals surface area contributed by atoms with Crippen molar-refractivity contribution in [2.24, 2.45) is 0 Å². The summed E-state index contributed by atoms with van der Waals surface area (Å²) in [6.07, 6.45) is -0.332. The summed E-state index contributed by atoms with van der Waals surface area (Å²) in [6, 6.07) is 26.5. The number of sulfonamides is 1. The highest BCUT2D eigenvalue weighted by atomic mass is 32.2. The molecule has 0 bridgehead atoms. The largest absolute Gasteiger partial charge is 0.292 e. The van der Waals surface area contributed by atoms with Crippen molar-refractivity contribution >= 4 is 10.0 Å². The number of nitrogens with one attached hydrogen (secondary N) is 1. The van der Waals surface area contributed by atoms with Crippen LogP contribution in [0.25, 0.3) is 0 Å². The second-order valence-corrected chi connectivity index (χ2v) is 9.08. The van der Waals surface area contributed by atoms with Crippen LogP contribution in [0.15, 0.2) is 89.8 Å². The van der Waals surface area contributed by atoms with E-state index in [9.17, 15) is 8.42 Å². The standard InChI is InChI=1S/C23H24N2O2S/c1-17-13-15-21(16-14-17)28(26,27)25-18(2)24-22(19-9-5-3-6-10-19)23(25)20-11-7-4-8-12-20/h3-16,18,22-24H,1-2H3/t18?,22-,23-/m0/s1. The molecular formula is C23H24N2O2S. The third-order valence-corrected chi connectivity index (χ3v) is 7.25. The SMILES string of the molecule is Cc1ccc(S(=O)(=O)N2C(C)N[C@@H](c3ccccc3)[C@@H]2c2ccccc2)cc1. The fraction of sp³-hybridized carbons (Fsp3) is 0.217. The van der Waals surface area contributed by atoms with Gasteiger partial charge in [-0.25, -0.2) is 8.42 Å². The molecule has 1 saturated heterocycles. The highest BCUT2D eigenvalue weighted by molar-refractivity contribution is 7.89. The predicted molar refractivity (Wildman–Crippen MR) is 111 cm³/mol. The molecule has 0 radical (unpaired) electrons. The van der Waals surface area contributed by atoms with E-state index >= 15 is 0 Å². The second kappa shape index (κ2) is 7.51. The summed E-state index contributed by atoms with van der Waals surface area (Å²) < 4.78 is 28.8. The smallest absolute Gasteiger partial charge is 0.245 e. The maximum atomic E-state index is 13.6. The van der Waals surface area contributed by atoms with Crippen LogP contribution in [-0.4, -0.2) is 18.9 Å². The first kappa shape index (κ1) is 18.9. The lowest BCUT2D eigenvalue weighted by Crippen LogP contribution is -2.38. The number of rotatable bonds is 4. The third-order valence-electron chi connectivity index (χ3n) is 5.29. The van der Waals surface area contributed by atoms with Crippen molar-refractivity contribution in [3.05, 3.63) is 102 Å². The fourth-order valence-corrected chi connectivity index (χ4v) is 5.67. The van der Waals surface area contributed by atoms with Crippen molar-refractivity contribution < 1.29 is 8.42 Å². The van der Waals surface area contributed by atoms with Crippen LogP contribution < -0.4 is 5.32 Å². The minimum Gasteiger partial charge on any atom is -0.292 e. The lowest BCUT2D eigenvalue weighted by molar-refractivity contribution is 0.329. The molecule has 0 saturated carbocycles. The minimum atomic E-state index is -3.67. The first-order chi connectivity index (χ1) is 13.5. The molecule has 3 aromatic rings. The van der Waals surface area contributed by atoms with Gasteiger partial charge in [0, 0.05) is 0 Å². The van der Waals surface area contributed by atoms with E-state index < -0.39 is 10.0 Å². The van der Waals surface area contributed by atoms with Crippen LogP contribution in [0.5, 0.6) is 0 Å². The quantitative estimate of drug-likeness (QED) is 0.715. The second-order valence-electron chi connectivity index (χ2n) is 7.23. The third kappa shape index (κ3) is 3.37. The van der Waals surface area contributed by atoms with Gasteiger partial charge in [-0.05, 0) is 37.1 Å². The van der Waals surface area contributed by atoms with E-state index in [0.717, 1.165) is 16.7 Å². The average Bonchev–Trinajstić information content (AvgIpc) is 3.07. The Morgan fingerprint density at radius 3 is 1.89 bits per heavy atom. The molecule has 0 amide bonds. The van der Waals surface area contributed by atoms with Gasteiger partial charge in [0.2, 0.25) is 10.0 Å². The predicted octanol–water partition coefficient (Wildman–Crippen LogP) is 4.42. The molecule has 3 atom stereocenters. The number of benzene rings is 3. The zero-order valence-electron chi connectivity index (χ0n) is 16.0. The van der Waals surface area contributed by atoms with Crippen LogP contribution in [0.1, 0.15) is 35.7 Å². The summed E-state index contributed by atoms with van der Waals surface area (Å²) >= 11 is 0. The molecule has 0 spiro atoms. The van der Waals surface area contributed by atoms with Gasteiger partial charge in [-0.15, -0.1) is 0 Å². The lowest BCUT2D eigenvalue weighted by Gasteiger charge is -2.29.